The molecule has 3 aliphatic carbocycles. The van der Waals surface area contributed by atoms with E-state index in [0.717, 1.165) is 42.5 Å². The van der Waals surface area contributed by atoms with Crippen molar-refractivity contribution in [1.82, 2.24) is 0 Å². The van der Waals surface area contributed by atoms with Crippen LogP contribution in [0, 0.1) is 27.4 Å². The highest BCUT2D eigenvalue weighted by molar-refractivity contribution is 6.04. The second-order valence-electron chi connectivity index (χ2n) is 9.93. The zero-order valence-electron chi connectivity index (χ0n) is 19.8. The highest BCUT2D eigenvalue weighted by Crippen LogP contribution is 2.60. The van der Waals surface area contributed by atoms with E-state index in [0.29, 0.717) is 29.4 Å². The quantitative estimate of drug-likeness (QED) is 0.337. The number of hydrogen-bond donors (Lipinski definition) is 2. The van der Waals surface area contributed by atoms with Crippen LogP contribution < -0.4 is 4.74 Å². The fraction of sp³-hybridized carbons (Fsp3) is 0.462. The number of benzene rings is 2. The molecule has 2 aromatic rings. The van der Waals surface area contributed by atoms with Gasteiger partial charge in [-0.05, 0) is 73.6 Å². The van der Waals surface area contributed by atoms with Gasteiger partial charge in [0, 0.05) is 17.0 Å². The standard InChI is InChI=1S/C26H29N3O6/c1-26-10-9-16-17-13-24(34-2)23(30)12-19(17)21(11-18(16)20(26)7-8-25(26)27-31)28-35-14-15-5-3-4-6-22(15)29(32)33/h3-6,12-13,16,18,20,30-31H,7-11,14H2,1-2H3/t16-,18-,20+,26+/m1/s1. The maximum Gasteiger partial charge on any atom is 0.276 e. The Labute approximate surface area is 203 Å². The molecule has 0 saturated heterocycles. The molecule has 0 aliphatic heterocycles. The van der Waals surface area contributed by atoms with Crippen LogP contribution in [0.3, 0.4) is 0 Å². The summed E-state index contributed by atoms with van der Waals surface area (Å²) >= 11 is 0. The fourth-order valence-electron chi connectivity index (χ4n) is 6.63. The van der Waals surface area contributed by atoms with Gasteiger partial charge in [-0.3, -0.25) is 10.1 Å². The Bertz CT molecular complexity index is 1230. The molecule has 2 saturated carbocycles. The zero-order valence-corrected chi connectivity index (χ0v) is 19.8. The molecule has 2 fully saturated rings. The summed E-state index contributed by atoms with van der Waals surface area (Å²) in [6, 6.07) is 10.0. The lowest BCUT2D eigenvalue weighted by atomic mass is 9.55. The first kappa shape index (κ1) is 23.1. The predicted molar refractivity (Wildman–Crippen MR) is 129 cm³/mol. The van der Waals surface area contributed by atoms with E-state index in [4.69, 9.17) is 9.57 Å². The van der Waals surface area contributed by atoms with Gasteiger partial charge in [-0.1, -0.05) is 29.4 Å². The van der Waals surface area contributed by atoms with E-state index in [1.54, 1.807) is 24.3 Å². The molecule has 0 spiro atoms. The molecule has 9 heteroatoms. The number of para-hydroxylation sites is 1. The minimum Gasteiger partial charge on any atom is -0.504 e. The van der Waals surface area contributed by atoms with Crippen molar-refractivity contribution < 1.29 is 24.8 Å². The first-order valence-corrected chi connectivity index (χ1v) is 11.9. The highest BCUT2D eigenvalue weighted by Gasteiger charge is 2.54. The third kappa shape index (κ3) is 3.79. The Hall–Kier alpha value is -3.62. The molecule has 0 amide bonds. The lowest BCUT2D eigenvalue weighted by Crippen LogP contribution is -2.43. The number of nitro benzene ring substituents is 1. The minimum atomic E-state index is -0.431. The van der Waals surface area contributed by atoms with Gasteiger partial charge in [0.25, 0.3) is 5.69 Å². The van der Waals surface area contributed by atoms with Crippen molar-refractivity contribution in [2.24, 2.45) is 27.6 Å². The number of oxime groups is 2. The number of ether oxygens (including phenoxy) is 1. The highest BCUT2D eigenvalue weighted by atomic mass is 16.6. The van der Waals surface area contributed by atoms with Crippen LogP contribution in [0.25, 0.3) is 0 Å². The third-order valence-electron chi connectivity index (χ3n) is 8.37. The minimum absolute atomic E-state index is 0.0102. The molecule has 0 radical (unpaired) electrons. The topological polar surface area (TPSA) is 127 Å². The van der Waals surface area contributed by atoms with E-state index >= 15 is 0 Å². The average Bonchev–Trinajstić information content (AvgIpc) is 3.20. The van der Waals surface area contributed by atoms with Crippen LogP contribution in [-0.4, -0.2) is 33.8 Å². The van der Waals surface area contributed by atoms with E-state index in [9.17, 15) is 20.4 Å². The molecule has 0 heterocycles. The second kappa shape index (κ2) is 8.87. The third-order valence-corrected chi connectivity index (χ3v) is 8.37. The van der Waals surface area contributed by atoms with Crippen LogP contribution in [0.1, 0.15) is 61.6 Å². The molecule has 35 heavy (non-hydrogen) atoms. The van der Waals surface area contributed by atoms with Crippen molar-refractivity contribution in [2.45, 2.75) is 51.6 Å². The Kier molecular flexibility index (Phi) is 5.86. The Morgan fingerprint density at radius 1 is 1.26 bits per heavy atom. The molecule has 0 unspecified atom stereocenters. The number of fused-ring (bicyclic) bond motifs is 5. The van der Waals surface area contributed by atoms with E-state index < -0.39 is 4.92 Å². The van der Waals surface area contributed by atoms with Crippen molar-refractivity contribution in [3.63, 3.8) is 0 Å². The zero-order chi connectivity index (χ0) is 24.7. The van der Waals surface area contributed by atoms with Gasteiger partial charge in [-0.15, -0.1) is 0 Å². The van der Waals surface area contributed by atoms with Gasteiger partial charge in [-0.25, -0.2) is 0 Å². The molecule has 184 valence electrons. The first-order chi connectivity index (χ1) is 16.9. The van der Waals surface area contributed by atoms with Gasteiger partial charge >= 0.3 is 0 Å². The number of nitrogens with zero attached hydrogens (tertiary/aromatic N) is 3. The van der Waals surface area contributed by atoms with Crippen molar-refractivity contribution >= 4 is 17.1 Å². The lowest BCUT2D eigenvalue weighted by molar-refractivity contribution is -0.386. The largest absolute Gasteiger partial charge is 0.504 e. The molecular formula is C26H29N3O6. The van der Waals surface area contributed by atoms with Gasteiger partial charge in [0.2, 0.25) is 0 Å². The van der Waals surface area contributed by atoms with E-state index in [-0.39, 0.29) is 35.3 Å². The van der Waals surface area contributed by atoms with Gasteiger partial charge in [0.15, 0.2) is 11.5 Å². The van der Waals surface area contributed by atoms with Crippen LogP contribution in [-0.2, 0) is 11.4 Å². The Morgan fingerprint density at radius 2 is 2.06 bits per heavy atom. The lowest BCUT2D eigenvalue weighted by Gasteiger charge is -2.48. The SMILES string of the molecule is COc1cc2c(cc1O)C(=NOCc1ccccc1[N+](=O)[O-])C[C@@H]1[C@@H]2CC[C@]2(C)C(=NO)CC[C@@H]12. The summed E-state index contributed by atoms with van der Waals surface area (Å²) in [7, 11) is 1.53. The summed E-state index contributed by atoms with van der Waals surface area (Å²) in [5, 5.41) is 39.5. The molecule has 9 nitrogen and oxygen atoms in total. The summed E-state index contributed by atoms with van der Waals surface area (Å²) in [6.45, 7) is 2.17. The van der Waals surface area contributed by atoms with Crippen LogP contribution >= 0.6 is 0 Å². The molecular weight excluding hydrogens is 450 g/mol. The predicted octanol–water partition coefficient (Wildman–Crippen LogP) is 5.37. The maximum atomic E-state index is 11.3. The number of phenols is 1. The first-order valence-electron chi connectivity index (χ1n) is 11.9. The molecule has 0 aromatic heterocycles. The Morgan fingerprint density at radius 3 is 2.80 bits per heavy atom. The molecule has 3 aliphatic rings. The maximum absolute atomic E-state index is 11.3. The second-order valence-corrected chi connectivity index (χ2v) is 9.93. The monoisotopic (exact) mass is 479 g/mol. The van der Waals surface area contributed by atoms with Crippen LogP contribution in [0.2, 0.25) is 0 Å². The van der Waals surface area contributed by atoms with Crippen LogP contribution in [0.15, 0.2) is 46.7 Å². The van der Waals surface area contributed by atoms with E-state index in [2.05, 4.69) is 17.2 Å². The van der Waals surface area contributed by atoms with Crippen LogP contribution in [0.5, 0.6) is 11.5 Å². The molecule has 2 aromatic carbocycles. The number of methoxy groups -OCH3 is 1. The van der Waals surface area contributed by atoms with Gasteiger partial charge in [0.05, 0.1) is 29.0 Å². The molecule has 0 bridgehead atoms. The molecule has 4 atom stereocenters. The van der Waals surface area contributed by atoms with Crippen molar-refractivity contribution in [3.05, 3.63) is 63.2 Å². The van der Waals surface area contributed by atoms with Crippen molar-refractivity contribution in [1.29, 1.82) is 0 Å². The molecule has 5 rings (SSSR count). The fourth-order valence-corrected chi connectivity index (χ4v) is 6.63. The smallest absolute Gasteiger partial charge is 0.276 e. The van der Waals surface area contributed by atoms with Gasteiger partial charge in [-0.2, -0.15) is 0 Å². The molecule has 2 N–H and O–H groups in total. The number of rotatable bonds is 5. The van der Waals surface area contributed by atoms with Crippen LogP contribution in [0.4, 0.5) is 5.69 Å². The van der Waals surface area contributed by atoms with E-state index in [1.165, 1.54) is 13.2 Å². The number of aromatic hydroxyl groups is 1. The van der Waals surface area contributed by atoms with Gasteiger partial charge < -0.3 is 19.9 Å². The summed E-state index contributed by atoms with van der Waals surface area (Å²) in [5.41, 5.74) is 3.76. The number of phenolic OH excluding ortho intramolecular Hbond substituents is 1. The Balaban J connectivity index is 1.51. The van der Waals surface area contributed by atoms with Gasteiger partial charge in [0.1, 0.15) is 6.61 Å². The van der Waals surface area contributed by atoms with Crippen molar-refractivity contribution in [2.75, 3.05) is 7.11 Å². The summed E-state index contributed by atoms with van der Waals surface area (Å²) in [5.74, 6) is 1.32. The summed E-state index contributed by atoms with van der Waals surface area (Å²) in [4.78, 5) is 16.6. The average molecular weight is 480 g/mol. The summed E-state index contributed by atoms with van der Waals surface area (Å²) < 4.78 is 5.40. The number of nitro groups is 1. The van der Waals surface area contributed by atoms with Crippen molar-refractivity contribution in [3.8, 4) is 11.5 Å². The van der Waals surface area contributed by atoms with E-state index in [1.807, 2.05) is 6.07 Å². The number of hydrogen-bond acceptors (Lipinski definition) is 8. The normalized spacial score (nSPS) is 29.4. The summed E-state index contributed by atoms with van der Waals surface area (Å²) in [6.07, 6.45) is 4.25.